The van der Waals surface area contributed by atoms with Crippen molar-refractivity contribution in [2.24, 2.45) is 5.73 Å². The molecule has 0 saturated carbocycles. The van der Waals surface area contributed by atoms with Crippen molar-refractivity contribution in [3.8, 4) is 0 Å². The molecule has 0 radical (unpaired) electrons. The molecule has 3 aromatic carbocycles. The summed E-state index contributed by atoms with van der Waals surface area (Å²) in [4.78, 5) is 30.4. The Bertz CT molecular complexity index is 1520. The molecule has 9 nitrogen and oxygen atoms in total. The van der Waals surface area contributed by atoms with E-state index in [4.69, 9.17) is 21.2 Å². The van der Waals surface area contributed by atoms with Gasteiger partial charge in [0.25, 0.3) is 5.91 Å². The number of aryl methyl sites for hydroxylation is 1. The molecule has 1 amide bonds. The van der Waals surface area contributed by atoms with E-state index in [2.05, 4.69) is 5.32 Å². The van der Waals surface area contributed by atoms with Gasteiger partial charge in [0, 0.05) is 41.7 Å². The van der Waals surface area contributed by atoms with Gasteiger partial charge in [-0.05, 0) is 61.5 Å². The molecule has 38 heavy (non-hydrogen) atoms. The minimum absolute atomic E-state index is 0.0132. The molecular formula is C27H26F2N6O3. The normalized spacial score (nSPS) is 10.9. The third kappa shape index (κ3) is 5.61. The summed E-state index contributed by atoms with van der Waals surface area (Å²) in [5.74, 6) is -3.18. The molecule has 0 aliphatic carbocycles. The predicted molar refractivity (Wildman–Crippen MR) is 140 cm³/mol. The van der Waals surface area contributed by atoms with E-state index in [1.54, 1.807) is 30.3 Å². The average Bonchev–Trinajstić information content (AvgIpc) is 3.26. The number of amides is 1. The second kappa shape index (κ2) is 11.1. The zero-order valence-electron chi connectivity index (χ0n) is 20.5. The Morgan fingerprint density at radius 3 is 2.39 bits per heavy atom. The number of nitrogens with one attached hydrogen (secondary N) is 2. The minimum Gasteiger partial charge on any atom is -0.481 e. The molecule has 1 heterocycles. The zero-order valence-corrected chi connectivity index (χ0v) is 20.5. The number of carboxylic acid groups (broad SMARTS) is 1. The quantitative estimate of drug-likeness (QED) is 0.181. The van der Waals surface area contributed by atoms with Crippen LogP contribution in [0.25, 0.3) is 11.0 Å². The van der Waals surface area contributed by atoms with Crippen molar-refractivity contribution in [1.29, 1.82) is 5.41 Å². The standard InChI is InChI=1S/C27H26F2N6O3/c1-2-34-23-10-5-17(27(38)35(12-11-25(36)37)19-8-9-20(28)21(29)14-19)13-22(23)33-24(34)15-32-18-6-3-16(4-7-18)26(30)31/h3-10,13-14,32H,2,11-12,15H2,1H3,(H3,30,31)(H,36,37). The molecule has 5 N–H and O–H groups in total. The van der Waals surface area contributed by atoms with Gasteiger partial charge < -0.3 is 25.6 Å². The number of hydrogen-bond acceptors (Lipinski definition) is 5. The summed E-state index contributed by atoms with van der Waals surface area (Å²) in [6.07, 6.45) is -0.374. The van der Waals surface area contributed by atoms with Crippen molar-refractivity contribution in [2.45, 2.75) is 26.4 Å². The monoisotopic (exact) mass is 520 g/mol. The second-order valence-electron chi connectivity index (χ2n) is 8.52. The number of halogens is 2. The van der Waals surface area contributed by atoms with Crippen LogP contribution < -0.4 is 16.0 Å². The maximum Gasteiger partial charge on any atom is 0.305 e. The van der Waals surface area contributed by atoms with E-state index >= 15 is 0 Å². The number of aliphatic carboxylic acids is 1. The number of nitrogen functional groups attached to an aromatic ring is 1. The Morgan fingerprint density at radius 2 is 1.76 bits per heavy atom. The molecule has 0 saturated heterocycles. The van der Waals surface area contributed by atoms with E-state index in [1.165, 1.54) is 6.07 Å². The van der Waals surface area contributed by atoms with E-state index in [9.17, 15) is 18.4 Å². The van der Waals surface area contributed by atoms with Crippen LogP contribution in [-0.2, 0) is 17.9 Å². The largest absolute Gasteiger partial charge is 0.481 e. The van der Waals surface area contributed by atoms with Crippen LogP contribution in [0.1, 0.15) is 35.1 Å². The highest BCUT2D eigenvalue weighted by atomic mass is 19.2. The lowest BCUT2D eigenvalue weighted by atomic mass is 10.1. The number of aromatic nitrogens is 2. The lowest BCUT2D eigenvalue weighted by molar-refractivity contribution is -0.136. The second-order valence-corrected chi connectivity index (χ2v) is 8.52. The first-order valence-electron chi connectivity index (χ1n) is 11.8. The highest BCUT2D eigenvalue weighted by molar-refractivity contribution is 6.07. The number of carbonyl (C=O) groups is 2. The smallest absolute Gasteiger partial charge is 0.305 e. The summed E-state index contributed by atoms with van der Waals surface area (Å²) in [5.41, 5.74) is 8.59. The van der Waals surface area contributed by atoms with Crippen LogP contribution in [0.3, 0.4) is 0 Å². The van der Waals surface area contributed by atoms with Crippen molar-refractivity contribution < 1.29 is 23.5 Å². The lowest BCUT2D eigenvalue weighted by Gasteiger charge is -2.22. The molecular weight excluding hydrogens is 494 g/mol. The maximum atomic E-state index is 13.9. The van der Waals surface area contributed by atoms with Gasteiger partial charge >= 0.3 is 5.97 Å². The Hall–Kier alpha value is -4.80. The van der Waals surface area contributed by atoms with Gasteiger partial charge in [-0.15, -0.1) is 0 Å². The number of benzene rings is 3. The number of imidazole rings is 1. The summed E-state index contributed by atoms with van der Waals surface area (Å²) < 4.78 is 29.4. The summed E-state index contributed by atoms with van der Waals surface area (Å²) in [7, 11) is 0. The molecule has 0 aliphatic heterocycles. The molecule has 1 aromatic heterocycles. The molecule has 0 bridgehead atoms. The number of carbonyl (C=O) groups excluding carboxylic acids is 1. The minimum atomic E-state index is -1.14. The molecule has 0 aliphatic rings. The summed E-state index contributed by atoms with van der Waals surface area (Å²) >= 11 is 0. The van der Waals surface area contributed by atoms with E-state index in [0.717, 1.165) is 34.1 Å². The van der Waals surface area contributed by atoms with E-state index < -0.39 is 23.5 Å². The molecule has 0 unspecified atom stereocenters. The fourth-order valence-electron chi connectivity index (χ4n) is 4.11. The van der Waals surface area contributed by atoms with Crippen LogP contribution in [0.5, 0.6) is 0 Å². The number of nitrogens with zero attached hydrogens (tertiary/aromatic N) is 3. The molecule has 0 fully saturated rings. The van der Waals surface area contributed by atoms with E-state index in [0.29, 0.717) is 24.2 Å². The van der Waals surface area contributed by atoms with E-state index in [1.807, 2.05) is 23.6 Å². The first-order chi connectivity index (χ1) is 18.2. The summed E-state index contributed by atoms with van der Waals surface area (Å²) in [6, 6.07) is 15.1. The van der Waals surface area contributed by atoms with Crippen molar-refractivity contribution in [2.75, 3.05) is 16.8 Å². The zero-order chi connectivity index (χ0) is 27.4. The van der Waals surface area contributed by atoms with E-state index in [-0.39, 0.29) is 30.1 Å². The Balaban J connectivity index is 1.61. The Morgan fingerprint density at radius 1 is 1.05 bits per heavy atom. The van der Waals surface area contributed by atoms with Gasteiger partial charge in [-0.25, -0.2) is 13.8 Å². The van der Waals surface area contributed by atoms with Gasteiger partial charge in [-0.1, -0.05) is 0 Å². The van der Waals surface area contributed by atoms with Crippen LogP contribution in [0, 0.1) is 17.0 Å². The van der Waals surface area contributed by atoms with Gasteiger partial charge in [-0.3, -0.25) is 15.0 Å². The van der Waals surface area contributed by atoms with Gasteiger partial charge in [0.15, 0.2) is 11.6 Å². The highest BCUT2D eigenvalue weighted by Crippen LogP contribution is 2.24. The number of carboxylic acids is 1. The molecule has 4 rings (SSSR count). The van der Waals surface area contributed by atoms with Crippen molar-refractivity contribution in [3.05, 3.63) is 89.2 Å². The van der Waals surface area contributed by atoms with Crippen LogP contribution in [0.2, 0.25) is 0 Å². The summed E-state index contributed by atoms with van der Waals surface area (Å²) in [6.45, 7) is 2.77. The number of anilines is 2. The number of rotatable bonds is 10. The van der Waals surface area contributed by atoms with Gasteiger partial charge in [0.05, 0.1) is 24.0 Å². The highest BCUT2D eigenvalue weighted by Gasteiger charge is 2.21. The maximum absolute atomic E-state index is 13.9. The summed E-state index contributed by atoms with van der Waals surface area (Å²) in [5, 5.41) is 19.9. The van der Waals surface area contributed by atoms with Crippen LogP contribution in [-0.4, -0.2) is 38.9 Å². The fourth-order valence-corrected chi connectivity index (χ4v) is 4.11. The SMILES string of the molecule is CCn1c(CNc2ccc(C(=N)N)cc2)nc2cc(C(=O)N(CCC(=O)O)c3ccc(F)c(F)c3)ccc21. The molecule has 196 valence electrons. The number of fused-ring (bicyclic) bond motifs is 1. The number of hydrogen-bond donors (Lipinski definition) is 4. The fraction of sp³-hybridized carbons (Fsp3) is 0.185. The van der Waals surface area contributed by atoms with Crippen molar-refractivity contribution in [3.63, 3.8) is 0 Å². The predicted octanol–water partition coefficient (Wildman–Crippen LogP) is 4.35. The van der Waals surface area contributed by atoms with Crippen molar-refractivity contribution >= 4 is 40.1 Å². The van der Waals surface area contributed by atoms with Crippen LogP contribution in [0.4, 0.5) is 20.2 Å². The van der Waals surface area contributed by atoms with Gasteiger partial charge in [-0.2, -0.15) is 0 Å². The first-order valence-corrected chi connectivity index (χ1v) is 11.8. The van der Waals surface area contributed by atoms with Gasteiger partial charge in [0.1, 0.15) is 11.7 Å². The number of nitrogens with two attached hydrogens (primary N) is 1. The third-order valence-electron chi connectivity index (χ3n) is 6.05. The molecule has 0 atom stereocenters. The van der Waals surface area contributed by atoms with Crippen LogP contribution in [0.15, 0.2) is 60.7 Å². The van der Waals surface area contributed by atoms with Crippen LogP contribution >= 0.6 is 0 Å². The molecule has 11 heteroatoms. The Kier molecular flexibility index (Phi) is 7.66. The topological polar surface area (TPSA) is 137 Å². The average molecular weight is 521 g/mol. The molecule has 0 spiro atoms. The first kappa shape index (κ1) is 26.3. The molecule has 4 aromatic rings. The lowest BCUT2D eigenvalue weighted by Crippen LogP contribution is -2.33. The number of amidine groups is 1. The van der Waals surface area contributed by atoms with Gasteiger partial charge in [0.2, 0.25) is 0 Å². The Labute approximate surface area is 217 Å². The van der Waals surface area contributed by atoms with Crippen molar-refractivity contribution in [1.82, 2.24) is 9.55 Å². The third-order valence-corrected chi connectivity index (χ3v) is 6.05.